The van der Waals surface area contributed by atoms with Crippen LogP contribution in [0.1, 0.15) is 80.4 Å². The van der Waals surface area contributed by atoms with E-state index in [1.54, 1.807) is 6.08 Å². The van der Waals surface area contributed by atoms with E-state index in [9.17, 15) is 19.8 Å². The molecule has 0 radical (unpaired) electrons. The third-order valence-corrected chi connectivity index (χ3v) is 5.05. The highest BCUT2D eigenvalue weighted by Gasteiger charge is 2.39. The SMILES string of the molecule is CCCCC[C@H](O)/C=C/[C@H]1[C@H](O)CC(=O)[C@@H]1CCCCCCC(=O)O.[HH].[HH]. The zero-order chi connectivity index (χ0) is 18.7. The van der Waals surface area contributed by atoms with Gasteiger partial charge < -0.3 is 15.3 Å². The predicted octanol–water partition coefficient (Wildman–Crippen LogP) is 3.97. The molecule has 0 aromatic carbocycles. The van der Waals surface area contributed by atoms with E-state index in [-0.39, 0.29) is 33.3 Å². The number of aliphatic hydroxyl groups is 2. The van der Waals surface area contributed by atoms with E-state index >= 15 is 0 Å². The van der Waals surface area contributed by atoms with Crippen molar-refractivity contribution in [2.75, 3.05) is 0 Å². The highest BCUT2D eigenvalue weighted by molar-refractivity contribution is 5.84. The van der Waals surface area contributed by atoms with Crippen molar-refractivity contribution in [2.45, 2.75) is 89.8 Å². The fourth-order valence-electron chi connectivity index (χ4n) is 3.54. The highest BCUT2D eigenvalue weighted by Crippen LogP contribution is 2.34. The Balaban J connectivity index is 0. The van der Waals surface area contributed by atoms with Crippen LogP contribution in [0.5, 0.6) is 0 Å². The lowest BCUT2D eigenvalue weighted by atomic mass is 9.88. The summed E-state index contributed by atoms with van der Waals surface area (Å²) >= 11 is 0. The Hall–Kier alpha value is -1.20. The maximum absolute atomic E-state index is 12.1. The van der Waals surface area contributed by atoms with Crippen LogP contribution in [0.15, 0.2) is 12.2 Å². The predicted molar refractivity (Wildman–Crippen MR) is 101 cm³/mol. The van der Waals surface area contributed by atoms with Gasteiger partial charge in [0.25, 0.3) is 0 Å². The average molecular weight is 359 g/mol. The van der Waals surface area contributed by atoms with E-state index in [0.717, 1.165) is 51.4 Å². The molecular formula is C20H38O5. The van der Waals surface area contributed by atoms with Crippen LogP contribution >= 0.6 is 0 Å². The molecule has 25 heavy (non-hydrogen) atoms. The van der Waals surface area contributed by atoms with Crippen LogP contribution < -0.4 is 0 Å². The van der Waals surface area contributed by atoms with Crippen molar-refractivity contribution in [1.82, 2.24) is 0 Å². The van der Waals surface area contributed by atoms with Crippen LogP contribution in [0.3, 0.4) is 0 Å². The first kappa shape index (κ1) is 21.8. The summed E-state index contributed by atoms with van der Waals surface area (Å²) in [6.07, 6.45) is 10.7. The van der Waals surface area contributed by atoms with E-state index < -0.39 is 18.2 Å². The Kier molecular flexibility index (Phi) is 10.7. The topological polar surface area (TPSA) is 94.8 Å². The summed E-state index contributed by atoms with van der Waals surface area (Å²) in [6.45, 7) is 2.12. The van der Waals surface area contributed by atoms with Gasteiger partial charge in [0.2, 0.25) is 0 Å². The molecule has 0 unspecified atom stereocenters. The molecule has 0 aliphatic heterocycles. The van der Waals surface area contributed by atoms with Crippen LogP contribution in [-0.2, 0) is 9.59 Å². The molecule has 0 saturated heterocycles. The van der Waals surface area contributed by atoms with Crippen molar-refractivity contribution in [2.24, 2.45) is 11.8 Å². The third kappa shape index (κ3) is 8.63. The van der Waals surface area contributed by atoms with E-state index in [1.807, 2.05) is 6.08 Å². The molecule has 4 atom stereocenters. The van der Waals surface area contributed by atoms with Crippen molar-refractivity contribution in [3.63, 3.8) is 0 Å². The van der Waals surface area contributed by atoms with E-state index in [0.29, 0.717) is 6.42 Å². The zero-order valence-corrected chi connectivity index (χ0v) is 15.4. The molecule has 1 fully saturated rings. The van der Waals surface area contributed by atoms with Gasteiger partial charge in [-0.05, 0) is 19.3 Å². The van der Waals surface area contributed by atoms with Gasteiger partial charge in [0.1, 0.15) is 5.78 Å². The van der Waals surface area contributed by atoms with Gasteiger partial charge in [0, 0.05) is 27.5 Å². The van der Waals surface area contributed by atoms with Gasteiger partial charge >= 0.3 is 5.97 Å². The number of carbonyl (C=O) groups is 2. The maximum atomic E-state index is 12.1. The summed E-state index contributed by atoms with van der Waals surface area (Å²) in [7, 11) is 0. The molecule has 3 N–H and O–H groups in total. The number of carbonyl (C=O) groups excluding carboxylic acids is 1. The molecule has 0 bridgehead atoms. The number of aliphatic hydroxyl groups excluding tert-OH is 2. The van der Waals surface area contributed by atoms with Crippen LogP contribution in [0.2, 0.25) is 0 Å². The minimum Gasteiger partial charge on any atom is -0.481 e. The van der Waals surface area contributed by atoms with Gasteiger partial charge in [-0.2, -0.15) is 0 Å². The number of aliphatic carboxylic acids is 1. The molecule has 1 rings (SSSR count). The van der Waals surface area contributed by atoms with Crippen molar-refractivity contribution in [3.8, 4) is 0 Å². The van der Waals surface area contributed by atoms with E-state index in [4.69, 9.17) is 5.11 Å². The van der Waals surface area contributed by atoms with Gasteiger partial charge in [-0.1, -0.05) is 57.6 Å². The Morgan fingerprint density at radius 1 is 1.24 bits per heavy atom. The summed E-state index contributed by atoms with van der Waals surface area (Å²) < 4.78 is 0. The van der Waals surface area contributed by atoms with Gasteiger partial charge in [0.05, 0.1) is 12.2 Å². The van der Waals surface area contributed by atoms with Gasteiger partial charge in [-0.3, -0.25) is 9.59 Å². The second-order valence-electron chi connectivity index (χ2n) is 7.22. The zero-order valence-electron chi connectivity index (χ0n) is 15.4. The number of rotatable bonds is 13. The summed E-state index contributed by atoms with van der Waals surface area (Å²) in [5, 5.41) is 28.7. The average Bonchev–Trinajstić information content (AvgIpc) is 2.82. The molecule has 1 aliphatic rings. The lowest BCUT2D eigenvalue weighted by molar-refractivity contribution is -0.137. The first-order valence-electron chi connectivity index (χ1n) is 9.74. The summed E-state index contributed by atoms with van der Waals surface area (Å²) in [5.74, 6) is -1.04. The van der Waals surface area contributed by atoms with Crippen molar-refractivity contribution < 1.29 is 27.8 Å². The Labute approximate surface area is 154 Å². The maximum Gasteiger partial charge on any atom is 0.303 e. The minimum atomic E-state index is -0.767. The van der Waals surface area contributed by atoms with Gasteiger partial charge in [0.15, 0.2) is 0 Å². The molecule has 5 heteroatoms. The van der Waals surface area contributed by atoms with Crippen LogP contribution in [0.25, 0.3) is 0 Å². The lowest BCUT2D eigenvalue weighted by Crippen LogP contribution is -2.19. The summed E-state index contributed by atoms with van der Waals surface area (Å²) in [4.78, 5) is 22.6. The van der Waals surface area contributed by atoms with Crippen molar-refractivity contribution in [1.29, 1.82) is 0 Å². The van der Waals surface area contributed by atoms with Crippen LogP contribution in [0, 0.1) is 11.8 Å². The molecule has 0 amide bonds. The normalized spacial score (nSPS) is 24.9. The molecule has 148 valence electrons. The second kappa shape index (κ2) is 12.2. The molecule has 0 aromatic heterocycles. The first-order valence-corrected chi connectivity index (χ1v) is 9.74. The fraction of sp³-hybridized carbons (Fsp3) is 0.800. The number of carboxylic acids is 1. The number of Topliss-reactive ketones (excluding diaryl/α,β-unsaturated/α-hetero) is 1. The van der Waals surface area contributed by atoms with Gasteiger partial charge in [-0.15, -0.1) is 0 Å². The summed E-state index contributed by atoms with van der Waals surface area (Å²) in [6, 6.07) is 0. The quantitative estimate of drug-likeness (QED) is 0.342. The smallest absolute Gasteiger partial charge is 0.303 e. The number of unbranched alkanes of at least 4 members (excludes halogenated alkanes) is 5. The molecular weight excluding hydrogens is 320 g/mol. The van der Waals surface area contributed by atoms with E-state index in [1.165, 1.54) is 0 Å². The first-order chi connectivity index (χ1) is 12.0. The Morgan fingerprint density at radius 3 is 2.64 bits per heavy atom. The Bertz CT molecular complexity index is 442. The fourth-order valence-corrected chi connectivity index (χ4v) is 3.54. The number of hydrogen-bond donors (Lipinski definition) is 3. The van der Waals surface area contributed by atoms with Crippen molar-refractivity contribution in [3.05, 3.63) is 12.2 Å². The molecule has 0 aromatic rings. The largest absolute Gasteiger partial charge is 0.481 e. The standard InChI is InChI=1S/C20H34O5.2H2/c1-2-3-6-9-15(21)12-13-17-16(18(22)14-19(17)23)10-7-4-5-8-11-20(24)25;;/h12-13,15-17,19,21,23H,2-11,14H2,1H3,(H,24,25);2*1H/b13-12+;;/t15-,16+,17+,19+;;/m0../s1. The Morgan fingerprint density at radius 2 is 1.96 bits per heavy atom. The highest BCUT2D eigenvalue weighted by atomic mass is 16.4. The van der Waals surface area contributed by atoms with Gasteiger partial charge in [-0.25, -0.2) is 0 Å². The minimum absolute atomic E-state index is 0. The summed E-state index contributed by atoms with van der Waals surface area (Å²) in [5.41, 5.74) is 0. The van der Waals surface area contributed by atoms with E-state index in [2.05, 4.69) is 6.92 Å². The molecule has 0 heterocycles. The molecule has 1 saturated carbocycles. The monoisotopic (exact) mass is 358 g/mol. The second-order valence-corrected chi connectivity index (χ2v) is 7.22. The van der Waals surface area contributed by atoms with Crippen LogP contribution in [-0.4, -0.2) is 39.3 Å². The number of ketones is 1. The van der Waals surface area contributed by atoms with Crippen LogP contribution in [0.4, 0.5) is 0 Å². The number of carboxylic acid groups (broad SMARTS) is 1. The lowest BCUT2D eigenvalue weighted by Gasteiger charge is -2.18. The third-order valence-electron chi connectivity index (χ3n) is 5.05. The molecule has 1 aliphatic carbocycles. The number of hydrogen-bond acceptors (Lipinski definition) is 4. The van der Waals surface area contributed by atoms with Crippen molar-refractivity contribution >= 4 is 11.8 Å². The molecule has 5 nitrogen and oxygen atoms in total. The molecule has 0 spiro atoms.